The van der Waals surface area contributed by atoms with Crippen LogP contribution in [0.25, 0.3) is 11.5 Å². The molecule has 4 N–H and O–H groups in total. The second-order valence-electron chi connectivity index (χ2n) is 3.96. The van der Waals surface area contributed by atoms with Gasteiger partial charge in [0.1, 0.15) is 6.61 Å². The number of hydrogen-bond acceptors (Lipinski definition) is 6. The third kappa shape index (κ3) is 2.98. The summed E-state index contributed by atoms with van der Waals surface area (Å²) in [5.74, 6) is 0.906. The zero-order valence-electron chi connectivity index (χ0n) is 10.2. The standard InChI is InChI=1S/C12H16N4O2/c1-2-3-17-7-11-15-12(18-16-11)8-4-9(13)6-10(14)5-8/h4-6H,2-3,7,13-14H2,1H3. The fourth-order valence-electron chi connectivity index (χ4n) is 1.54. The second kappa shape index (κ2) is 5.50. The van der Waals surface area contributed by atoms with Crippen molar-refractivity contribution in [1.82, 2.24) is 10.1 Å². The third-order valence-corrected chi connectivity index (χ3v) is 2.27. The molecule has 0 fully saturated rings. The van der Waals surface area contributed by atoms with Gasteiger partial charge in [-0.3, -0.25) is 0 Å². The van der Waals surface area contributed by atoms with E-state index in [1.807, 2.05) is 6.92 Å². The lowest BCUT2D eigenvalue weighted by Gasteiger charge is -1.99. The zero-order chi connectivity index (χ0) is 13.0. The molecule has 0 spiro atoms. The van der Waals surface area contributed by atoms with Crippen molar-refractivity contribution in [3.63, 3.8) is 0 Å². The van der Waals surface area contributed by atoms with Crippen LogP contribution in [0.2, 0.25) is 0 Å². The molecule has 0 aliphatic heterocycles. The van der Waals surface area contributed by atoms with Crippen molar-refractivity contribution in [3.8, 4) is 11.5 Å². The SMILES string of the molecule is CCCOCc1noc(-c2cc(N)cc(N)c2)n1. The van der Waals surface area contributed by atoms with Crippen LogP contribution in [0.15, 0.2) is 22.7 Å². The molecule has 1 heterocycles. The van der Waals surface area contributed by atoms with Gasteiger partial charge in [-0.25, -0.2) is 0 Å². The molecule has 2 aromatic rings. The summed E-state index contributed by atoms with van der Waals surface area (Å²) in [5.41, 5.74) is 13.2. The Labute approximate surface area is 105 Å². The predicted octanol–water partition coefficient (Wildman–Crippen LogP) is 1.83. The van der Waals surface area contributed by atoms with Crippen LogP contribution in [0, 0.1) is 0 Å². The van der Waals surface area contributed by atoms with Gasteiger partial charge in [-0.05, 0) is 24.6 Å². The van der Waals surface area contributed by atoms with Crippen molar-refractivity contribution >= 4 is 11.4 Å². The monoisotopic (exact) mass is 248 g/mol. The highest BCUT2D eigenvalue weighted by molar-refractivity contribution is 5.66. The minimum atomic E-state index is 0.342. The van der Waals surface area contributed by atoms with Crippen LogP contribution in [0.1, 0.15) is 19.2 Å². The topological polar surface area (TPSA) is 100 Å². The first kappa shape index (κ1) is 12.4. The lowest BCUT2D eigenvalue weighted by atomic mass is 10.2. The van der Waals surface area contributed by atoms with E-state index in [0.29, 0.717) is 41.9 Å². The lowest BCUT2D eigenvalue weighted by Crippen LogP contribution is -1.96. The first-order chi connectivity index (χ1) is 8.69. The molecule has 0 amide bonds. The number of aromatic nitrogens is 2. The summed E-state index contributed by atoms with van der Waals surface area (Å²) in [7, 11) is 0. The highest BCUT2D eigenvalue weighted by atomic mass is 16.5. The molecule has 0 bridgehead atoms. The second-order valence-corrected chi connectivity index (χ2v) is 3.96. The molecule has 96 valence electrons. The van der Waals surface area contributed by atoms with E-state index < -0.39 is 0 Å². The van der Waals surface area contributed by atoms with Crippen molar-refractivity contribution in [2.75, 3.05) is 18.1 Å². The fourth-order valence-corrected chi connectivity index (χ4v) is 1.54. The van der Waals surface area contributed by atoms with Crippen LogP contribution in [0.5, 0.6) is 0 Å². The largest absolute Gasteiger partial charge is 0.399 e. The number of benzene rings is 1. The minimum absolute atomic E-state index is 0.342. The maximum Gasteiger partial charge on any atom is 0.258 e. The molecule has 1 aromatic carbocycles. The Morgan fingerprint density at radius 3 is 2.61 bits per heavy atom. The molecule has 0 radical (unpaired) electrons. The van der Waals surface area contributed by atoms with Gasteiger partial charge in [-0.15, -0.1) is 0 Å². The van der Waals surface area contributed by atoms with E-state index in [-0.39, 0.29) is 0 Å². The van der Waals surface area contributed by atoms with E-state index in [4.69, 9.17) is 20.7 Å². The van der Waals surface area contributed by atoms with E-state index in [9.17, 15) is 0 Å². The fraction of sp³-hybridized carbons (Fsp3) is 0.333. The summed E-state index contributed by atoms with van der Waals surface area (Å²) >= 11 is 0. The van der Waals surface area contributed by atoms with E-state index in [2.05, 4.69) is 10.1 Å². The molecule has 0 saturated carbocycles. The number of ether oxygens (including phenoxy) is 1. The Bertz CT molecular complexity index is 504. The van der Waals surface area contributed by atoms with Gasteiger partial charge < -0.3 is 20.7 Å². The molecular formula is C12H16N4O2. The summed E-state index contributed by atoms with van der Waals surface area (Å²) in [4.78, 5) is 4.22. The van der Waals surface area contributed by atoms with Crippen molar-refractivity contribution in [2.24, 2.45) is 0 Å². The van der Waals surface area contributed by atoms with Gasteiger partial charge in [0.05, 0.1) is 0 Å². The Hall–Kier alpha value is -2.08. The number of hydrogen-bond donors (Lipinski definition) is 2. The summed E-state index contributed by atoms with van der Waals surface area (Å²) < 4.78 is 10.5. The summed E-state index contributed by atoms with van der Waals surface area (Å²) in [5, 5.41) is 3.83. The quantitative estimate of drug-likeness (QED) is 0.618. The Morgan fingerprint density at radius 2 is 1.94 bits per heavy atom. The Morgan fingerprint density at radius 1 is 1.22 bits per heavy atom. The molecule has 18 heavy (non-hydrogen) atoms. The summed E-state index contributed by atoms with van der Waals surface area (Å²) in [6, 6.07) is 5.15. The Balaban J connectivity index is 2.13. The van der Waals surface area contributed by atoms with Crippen LogP contribution in [-0.4, -0.2) is 16.7 Å². The molecule has 0 unspecified atom stereocenters. The number of anilines is 2. The van der Waals surface area contributed by atoms with E-state index in [1.165, 1.54) is 0 Å². The average molecular weight is 248 g/mol. The van der Waals surface area contributed by atoms with Crippen LogP contribution in [0.3, 0.4) is 0 Å². The van der Waals surface area contributed by atoms with Gasteiger partial charge in [0.25, 0.3) is 5.89 Å². The molecule has 0 aliphatic carbocycles. The summed E-state index contributed by atoms with van der Waals surface area (Å²) in [6.07, 6.45) is 0.955. The number of rotatable bonds is 5. The van der Waals surface area contributed by atoms with E-state index in [0.717, 1.165) is 6.42 Å². The molecule has 6 nitrogen and oxygen atoms in total. The maximum absolute atomic E-state index is 5.71. The van der Waals surface area contributed by atoms with Gasteiger partial charge in [0.2, 0.25) is 0 Å². The van der Waals surface area contributed by atoms with Crippen molar-refractivity contribution < 1.29 is 9.26 Å². The van der Waals surface area contributed by atoms with Crippen LogP contribution < -0.4 is 11.5 Å². The smallest absolute Gasteiger partial charge is 0.258 e. The van der Waals surface area contributed by atoms with Crippen molar-refractivity contribution in [1.29, 1.82) is 0 Å². The highest BCUT2D eigenvalue weighted by Gasteiger charge is 2.09. The number of nitrogens with two attached hydrogens (primary N) is 2. The molecule has 0 aliphatic rings. The Kier molecular flexibility index (Phi) is 3.78. The van der Waals surface area contributed by atoms with Gasteiger partial charge >= 0.3 is 0 Å². The van der Waals surface area contributed by atoms with Gasteiger partial charge in [0, 0.05) is 23.5 Å². The van der Waals surface area contributed by atoms with Crippen LogP contribution >= 0.6 is 0 Å². The third-order valence-electron chi connectivity index (χ3n) is 2.27. The predicted molar refractivity (Wildman–Crippen MR) is 68.5 cm³/mol. The normalized spacial score (nSPS) is 10.7. The first-order valence-electron chi connectivity index (χ1n) is 5.75. The van der Waals surface area contributed by atoms with Gasteiger partial charge in [-0.2, -0.15) is 4.98 Å². The number of nitrogens with zero attached hydrogens (tertiary/aromatic N) is 2. The minimum Gasteiger partial charge on any atom is -0.399 e. The molecular weight excluding hydrogens is 232 g/mol. The highest BCUT2D eigenvalue weighted by Crippen LogP contribution is 2.23. The average Bonchev–Trinajstić information content (AvgIpc) is 2.77. The first-order valence-corrected chi connectivity index (χ1v) is 5.75. The zero-order valence-corrected chi connectivity index (χ0v) is 10.2. The van der Waals surface area contributed by atoms with Gasteiger partial charge in [-0.1, -0.05) is 12.1 Å². The summed E-state index contributed by atoms with van der Waals surface area (Å²) in [6.45, 7) is 3.06. The molecule has 6 heteroatoms. The molecule has 0 atom stereocenters. The van der Waals surface area contributed by atoms with E-state index in [1.54, 1.807) is 18.2 Å². The lowest BCUT2D eigenvalue weighted by molar-refractivity contribution is 0.114. The van der Waals surface area contributed by atoms with Crippen LogP contribution in [-0.2, 0) is 11.3 Å². The van der Waals surface area contributed by atoms with Crippen molar-refractivity contribution in [3.05, 3.63) is 24.0 Å². The maximum atomic E-state index is 5.71. The van der Waals surface area contributed by atoms with Gasteiger partial charge in [0.15, 0.2) is 5.82 Å². The molecule has 1 aromatic heterocycles. The molecule has 2 rings (SSSR count). The van der Waals surface area contributed by atoms with E-state index >= 15 is 0 Å². The molecule has 0 saturated heterocycles. The van der Waals surface area contributed by atoms with Crippen LogP contribution in [0.4, 0.5) is 11.4 Å². The van der Waals surface area contributed by atoms with Crippen molar-refractivity contribution in [2.45, 2.75) is 20.0 Å². The number of nitrogen functional groups attached to an aromatic ring is 2.